The highest BCUT2D eigenvalue weighted by Crippen LogP contribution is 2.21. The van der Waals surface area contributed by atoms with E-state index in [2.05, 4.69) is 17.1 Å². The molecule has 0 aliphatic carbocycles. The van der Waals surface area contributed by atoms with Gasteiger partial charge in [0.25, 0.3) is 5.91 Å². The summed E-state index contributed by atoms with van der Waals surface area (Å²) >= 11 is 6.15. The first-order valence-corrected chi connectivity index (χ1v) is 6.74. The van der Waals surface area contributed by atoms with Crippen LogP contribution in [0.1, 0.15) is 38.2 Å². The van der Waals surface area contributed by atoms with Gasteiger partial charge in [0.2, 0.25) is 0 Å². The summed E-state index contributed by atoms with van der Waals surface area (Å²) in [5, 5.41) is 6.21. The standard InChI is InChI=1S/C15H15ClN2O/c1-2-3-6-11-18-15(19)10-9-14(17-18)12-7-4-5-8-13(12)16/h4-5,7-8H,2-3,9-10H2,1H3. The van der Waals surface area contributed by atoms with Crippen molar-refractivity contribution in [2.45, 2.75) is 32.6 Å². The van der Waals surface area contributed by atoms with E-state index in [-0.39, 0.29) is 5.91 Å². The molecule has 1 aromatic carbocycles. The van der Waals surface area contributed by atoms with E-state index in [1.165, 1.54) is 5.01 Å². The second-order valence-corrected chi connectivity index (χ2v) is 4.68. The third-order valence-corrected chi connectivity index (χ3v) is 3.11. The van der Waals surface area contributed by atoms with Crippen LogP contribution in [0.4, 0.5) is 0 Å². The Hall–Kier alpha value is -1.79. The lowest BCUT2D eigenvalue weighted by Crippen LogP contribution is -2.28. The molecular weight excluding hydrogens is 260 g/mol. The molecule has 4 heteroatoms. The van der Waals surface area contributed by atoms with Crippen molar-refractivity contribution < 1.29 is 4.79 Å². The van der Waals surface area contributed by atoms with E-state index in [4.69, 9.17) is 11.6 Å². The molecule has 19 heavy (non-hydrogen) atoms. The number of carbonyl (C=O) groups is 1. The van der Waals surface area contributed by atoms with Gasteiger partial charge in [-0.05, 0) is 12.5 Å². The predicted octanol–water partition coefficient (Wildman–Crippen LogP) is 3.43. The highest BCUT2D eigenvalue weighted by atomic mass is 35.5. The van der Waals surface area contributed by atoms with Crippen LogP contribution in [0.15, 0.2) is 29.4 Å². The lowest BCUT2D eigenvalue weighted by atomic mass is 10.0. The zero-order valence-corrected chi connectivity index (χ0v) is 11.6. The summed E-state index contributed by atoms with van der Waals surface area (Å²) in [4.78, 5) is 11.7. The summed E-state index contributed by atoms with van der Waals surface area (Å²) in [5.74, 6) is 2.88. The summed E-state index contributed by atoms with van der Waals surface area (Å²) in [5.41, 5.74) is 1.69. The molecule has 1 aromatic rings. The minimum Gasteiger partial charge on any atom is -0.272 e. The van der Waals surface area contributed by atoms with Crippen LogP contribution in [0.3, 0.4) is 0 Å². The van der Waals surface area contributed by atoms with Crippen LogP contribution >= 0.6 is 11.6 Å². The molecule has 0 N–H and O–H groups in total. The zero-order valence-electron chi connectivity index (χ0n) is 10.8. The summed E-state index contributed by atoms with van der Waals surface area (Å²) in [6.45, 7) is 2.05. The number of amides is 1. The number of hydrazone groups is 1. The van der Waals surface area contributed by atoms with Crippen molar-refractivity contribution in [1.82, 2.24) is 5.01 Å². The van der Waals surface area contributed by atoms with Gasteiger partial charge in [-0.2, -0.15) is 10.1 Å². The van der Waals surface area contributed by atoms with E-state index in [1.54, 1.807) is 0 Å². The molecule has 0 spiro atoms. The second kappa shape index (κ2) is 6.40. The van der Waals surface area contributed by atoms with Crippen molar-refractivity contribution in [2.75, 3.05) is 0 Å². The Morgan fingerprint density at radius 3 is 2.89 bits per heavy atom. The van der Waals surface area contributed by atoms with Crippen LogP contribution in [0.5, 0.6) is 0 Å². The first-order chi connectivity index (χ1) is 9.22. The van der Waals surface area contributed by atoms with Crippen LogP contribution in [-0.2, 0) is 4.79 Å². The SMILES string of the molecule is CCCC#CN1N=C(c2ccccc2Cl)CCC1=O. The van der Waals surface area contributed by atoms with Crippen molar-refractivity contribution in [3.05, 3.63) is 34.9 Å². The quantitative estimate of drug-likeness (QED) is 0.761. The molecular formula is C15H15ClN2O. The molecule has 0 atom stereocenters. The van der Waals surface area contributed by atoms with Crippen LogP contribution in [0.2, 0.25) is 5.02 Å². The molecule has 0 saturated carbocycles. The average molecular weight is 275 g/mol. The van der Waals surface area contributed by atoms with Crippen LogP contribution in [-0.4, -0.2) is 16.6 Å². The molecule has 0 unspecified atom stereocenters. The largest absolute Gasteiger partial charge is 0.272 e. The minimum absolute atomic E-state index is 0.0561. The lowest BCUT2D eigenvalue weighted by molar-refractivity contribution is -0.128. The van der Waals surface area contributed by atoms with Crippen LogP contribution < -0.4 is 0 Å². The number of halogens is 1. The smallest absolute Gasteiger partial charge is 0.255 e. The molecule has 98 valence electrons. The first kappa shape index (κ1) is 13.6. The van der Waals surface area contributed by atoms with Gasteiger partial charge in [-0.1, -0.05) is 42.6 Å². The van der Waals surface area contributed by atoms with Crippen molar-refractivity contribution in [2.24, 2.45) is 5.10 Å². The molecule has 1 heterocycles. The van der Waals surface area contributed by atoms with Gasteiger partial charge in [0.1, 0.15) is 0 Å². The van der Waals surface area contributed by atoms with Gasteiger partial charge in [-0.25, -0.2) is 0 Å². The topological polar surface area (TPSA) is 32.7 Å². The summed E-state index contributed by atoms with van der Waals surface area (Å²) in [6.07, 6.45) is 2.76. The number of benzene rings is 1. The molecule has 3 nitrogen and oxygen atoms in total. The molecule has 0 radical (unpaired) electrons. The fourth-order valence-corrected chi connectivity index (χ4v) is 2.03. The molecule has 1 aliphatic heterocycles. The fourth-order valence-electron chi connectivity index (χ4n) is 1.78. The van der Waals surface area contributed by atoms with Gasteiger partial charge in [0.15, 0.2) is 0 Å². The maximum atomic E-state index is 11.7. The molecule has 0 fully saturated rings. The minimum atomic E-state index is -0.0561. The number of carbonyl (C=O) groups excluding carboxylic acids is 1. The first-order valence-electron chi connectivity index (χ1n) is 6.36. The molecule has 2 rings (SSSR count). The fraction of sp³-hybridized carbons (Fsp3) is 0.333. The Morgan fingerprint density at radius 1 is 1.37 bits per heavy atom. The normalized spacial score (nSPS) is 14.7. The van der Waals surface area contributed by atoms with Crippen molar-refractivity contribution in [3.8, 4) is 12.0 Å². The van der Waals surface area contributed by atoms with E-state index in [0.717, 1.165) is 24.1 Å². The molecule has 1 aliphatic rings. The molecule has 0 saturated heterocycles. The third-order valence-electron chi connectivity index (χ3n) is 2.78. The second-order valence-electron chi connectivity index (χ2n) is 4.27. The highest BCUT2D eigenvalue weighted by Gasteiger charge is 2.21. The van der Waals surface area contributed by atoms with Crippen LogP contribution in [0, 0.1) is 12.0 Å². The molecule has 0 aromatic heterocycles. The summed E-state index contributed by atoms with van der Waals surface area (Å²) < 4.78 is 0. The summed E-state index contributed by atoms with van der Waals surface area (Å²) in [7, 11) is 0. The van der Waals surface area contributed by atoms with Crippen molar-refractivity contribution >= 4 is 23.2 Å². The van der Waals surface area contributed by atoms with E-state index >= 15 is 0 Å². The van der Waals surface area contributed by atoms with E-state index < -0.39 is 0 Å². The summed E-state index contributed by atoms with van der Waals surface area (Å²) in [6, 6.07) is 10.3. The van der Waals surface area contributed by atoms with Gasteiger partial charge in [-0.15, -0.1) is 0 Å². The lowest BCUT2D eigenvalue weighted by Gasteiger charge is -2.18. The Labute approximate surface area is 118 Å². The van der Waals surface area contributed by atoms with E-state index in [0.29, 0.717) is 17.9 Å². The Bertz CT molecular complexity index is 569. The van der Waals surface area contributed by atoms with E-state index in [9.17, 15) is 4.79 Å². The maximum absolute atomic E-state index is 11.7. The van der Waals surface area contributed by atoms with Crippen molar-refractivity contribution in [1.29, 1.82) is 0 Å². The third kappa shape index (κ3) is 3.36. The Morgan fingerprint density at radius 2 is 2.16 bits per heavy atom. The average Bonchev–Trinajstić information content (AvgIpc) is 2.42. The number of nitrogens with zero attached hydrogens (tertiary/aromatic N) is 2. The number of hydrogen-bond donors (Lipinski definition) is 0. The van der Waals surface area contributed by atoms with Gasteiger partial charge < -0.3 is 0 Å². The Balaban J connectivity index is 2.27. The molecule has 1 amide bonds. The zero-order chi connectivity index (χ0) is 13.7. The number of rotatable bonds is 2. The monoisotopic (exact) mass is 274 g/mol. The molecule has 0 bridgehead atoms. The number of unbranched alkanes of at least 4 members (excludes halogenated alkanes) is 1. The van der Waals surface area contributed by atoms with Crippen molar-refractivity contribution in [3.63, 3.8) is 0 Å². The predicted molar refractivity (Wildman–Crippen MR) is 76.8 cm³/mol. The van der Waals surface area contributed by atoms with Gasteiger partial charge in [0.05, 0.1) is 5.71 Å². The Kier molecular flexibility index (Phi) is 4.59. The van der Waals surface area contributed by atoms with E-state index in [1.807, 2.05) is 31.2 Å². The highest BCUT2D eigenvalue weighted by molar-refractivity contribution is 6.34. The maximum Gasteiger partial charge on any atom is 0.255 e. The number of hydrogen-bond acceptors (Lipinski definition) is 2. The van der Waals surface area contributed by atoms with Gasteiger partial charge >= 0.3 is 0 Å². The van der Waals surface area contributed by atoms with Gasteiger partial charge in [-0.3, -0.25) is 4.79 Å². The van der Waals surface area contributed by atoms with Crippen LogP contribution in [0.25, 0.3) is 0 Å². The van der Waals surface area contributed by atoms with Gasteiger partial charge in [0, 0.05) is 35.9 Å².